The van der Waals surface area contributed by atoms with Gasteiger partial charge in [0.05, 0.1) is 18.4 Å². The molecule has 0 bridgehead atoms. The molecule has 29 heavy (non-hydrogen) atoms. The second-order valence-corrected chi connectivity index (χ2v) is 7.68. The quantitative estimate of drug-likeness (QED) is 0.555. The number of morpholine rings is 1. The molecule has 1 fully saturated rings. The van der Waals surface area contributed by atoms with E-state index >= 15 is 0 Å². The average Bonchev–Trinajstić information content (AvgIpc) is 3.19. The lowest BCUT2D eigenvalue weighted by molar-refractivity contribution is -0.00544. The number of nitrogens with one attached hydrogen (secondary N) is 2. The number of anilines is 2. The fourth-order valence-electron chi connectivity index (χ4n) is 3.91. The molecule has 148 valence electrons. The van der Waals surface area contributed by atoms with Gasteiger partial charge in [-0.05, 0) is 49.1 Å². The normalized spacial score (nSPS) is 19.7. The molecule has 7 nitrogen and oxygen atoms in total. The number of H-pyrrole nitrogens is 1. The maximum Gasteiger partial charge on any atom is 0.182 e. The molecule has 1 aromatic carbocycles. The molecule has 2 N–H and O–H groups in total. The standard InChI is InChI=1S/C22H24N6O/c1-14-12-28(13-15(2)29-14)21-6-5-18-22(27-21)26-20(11-24-18)25-10-16-3-4-17-7-8-23-19(17)9-16/h3-9,11,14-15,23H,10,12-13H2,1-2H3,(H,25,26,27)/t14-,15+. The number of benzene rings is 1. The molecule has 0 spiro atoms. The summed E-state index contributed by atoms with van der Waals surface area (Å²) in [5.41, 5.74) is 3.76. The van der Waals surface area contributed by atoms with Gasteiger partial charge in [-0.2, -0.15) is 0 Å². The van der Waals surface area contributed by atoms with Gasteiger partial charge in [0, 0.05) is 31.3 Å². The van der Waals surface area contributed by atoms with Gasteiger partial charge in [0.2, 0.25) is 0 Å². The van der Waals surface area contributed by atoms with Crippen LogP contribution in [0.1, 0.15) is 19.4 Å². The van der Waals surface area contributed by atoms with Crippen molar-refractivity contribution in [2.75, 3.05) is 23.3 Å². The molecule has 1 aliphatic heterocycles. The third kappa shape index (κ3) is 3.73. The van der Waals surface area contributed by atoms with E-state index in [1.165, 1.54) is 10.9 Å². The van der Waals surface area contributed by atoms with Gasteiger partial charge in [-0.15, -0.1) is 0 Å². The number of ether oxygens (including phenoxy) is 1. The second-order valence-electron chi connectivity index (χ2n) is 7.68. The van der Waals surface area contributed by atoms with E-state index in [4.69, 9.17) is 9.72 Å². The zero-order chi connectivity index (χ0) is 19.8. The first-order valence-corrected chi connectivity index (χ1v) is 9.98. The Morgan fingerprint density at radius 3 is 2.83 bits per heavy atom. The van der Waals surface area contributed by atoms with Crippen LogP contribution in [0, 0.1) is 0 Å². The highest BCUT2D eigenvalue weighted by atomic mass is 16.5. The molecule has 5 rings (SSSR count). The Morgan fingerprint density at radius 1 is 1.10 bits per heavy atom. The smallest absolute Gasteiger partial charge is 0.182 e. The molecule has 0 radical (unpaired) electrons. The molecule has 2 atom stereocenters. The molecule has 1 aliphatic rings. The Balaban J connectivity index is 1.35. The highest BCUT2D eigenvalue weighted by molar-refractivity contribution is 5.80. The first-order valence-electron chi connectivity index (χ1n) is 9.98. The summed E-state index contributed by atoms with van der Waals surface area (Å²) in [5, 5.41) is 4.57. The van der Waals surface area contributed by atoms with Crippen LogP contribution in [-0.4, -0.2) is 45.2 Å². The summed E-state index contributed by atoms with van der Waals surface area (Å²) in [6, 6.07) is 12.5. The Labute approximate surface area is 169 Å². The van der Waals surface area contributed by atoms with Crippen molar-refractivity contribution in [3.63, 3.8) is 0 Å². The van der Waals surface area contributed by atoms with E-state index in [-0.39, 0.29) is 12.2 Å². The highest BCUT2D eigenvalue weighted by Crippen LogP contribution is 2.21. The molecule has 7 heteroatoms. The van der Waals surface area contributed by atoms with Crippen LogP contribution in [0.25, 0.3) is 22.1 Å². The molecule has 0 amide bonds. The fourth-order valence-corrected chi connectivity index (χ4v) is 3.91. The van der Waals surface area contributed by atoms with Crippen molar-refractivity contribution >= 4 is 33.7 Å². The van der Waals surface area contributed by atoms with E-state index in [2.05, 4.69) is 63.3 Å². The number of aromatic amines is 1. The maximum atomic E-state index is 5.83. The molecule has 4 heterocycles. The first-order chi connectivity index (χ1) is 14.1. The minimum atomic E-state index is 0.187. The maximum absolute atomic E-state index is 5.83. The van der Waals surface area contributed by atoms with E-state index in [0.29, 0.717) is 12.2 Å². The van der Waals surface area contributed by atoms with Crippen LogP contribution in [0.15, 0.2) is 48.8 Å². The highest BCUT2D eigenvalue weighted by Gasteiger charge is 2.23. The van der Waals surface area contributed by atoms with Crippen LogP contribution >= 0.6 is 0 Å². The summed E-state index contributed by atoms with van der Waals surface area (Å²) in [6.45, 7) is 6.52. The van der Waals surface area contributed by atoms with Crippen molar-refractivity contribution in [3.8, 4) is 0 Å². The molecule has 3 aromatic heterocycles. The minimum Gasteiger partial charge on any atom is -0.372 e. The Bertz CT molecular complexity index is 1150. The van der Waals surface area contributed by atoms with Crippen LogP contribution in [0.4, 0.5) is 11.6 Å². The van der Waals surface area contributed by atoms with Crippen molar-refractivity contribution in [1.29, 1.82) is 0 Å². The SMILES string of the molecule is C[C@@H]1CN(c2ccc3ncc(NCc4ccc5cc[nH]c5c4)nc3n2)C[C@H](C)O1. The Morgan fingerprint density at radius 2 is 1.97 bits per heavy atom. The summed E-state index contributed by atoms with van der Waals surface area (Å²) < 4.78 is 5.83. The average molecular weight is 388 g/mol. The van der Waals surface area contributed by atoms with Gasteiger partial charge in [-0.25, -0.2) is 15.0 Å². The lowest BCUT2D eigenvalue weighted by Gasteiger charge is -2.36. The number of rotatable bonds is 4. The van der Waals surface area contributed by atoms with E-state index in [1.807, 2.05) is 18.3 Å². The number of aromatic nitrogens is 4. The van der Waals surface area contributed by atoms with Crippen LogP contribution in [0.5, 0.6) is 0 Å². The third-order valence-corrected chi connectivity index (χ3v) is 5.23. The number of pyridine rings is 1. The van der Waals surface area contributed by atoms with Crippen LogP contribution < -0.4 is 10.2 Å². The van der Waals surface area contributed by atoms with E-state index in [9.17, 15) is 0 Å². The molecular weight excluding hydrogens is 364 g/mol. The molecular formula is C22H24N6O. The summed E-state index contributed by atoms with van der Waals surface area (Å²) in [7, 11) is 0. The second kappa shape index (κ2) is 7.33. The van der Waals surface area contributed by atoms with Gasteiger partial charge in [0.25, 0.3) is 0 Å². The van der Waals surface area contributed by atoms with E-state index < -0.39 is 0 Å². The molecule has 0 aliphatic carbocycles. The predicted molar refractivity (Wildman–Crippen MR) is 115 cm³/mol. The zero-order valence-corrected chi connectivity index (χ0v) is 16.6. The predicted octanol–water partition coefficient (Wildman–Crippen LogP) is 3.73. The molecule has 0 unspecified atom stereocenters. The number of hydrogen-bond donors (Lipinski definition) is 2. The largest absolute Gasteiger partial charge is 0.372 e. The van der Waals surface area contributed by atoms with Crippen molar-refractivity contribution in [2.45, 2.75) is 32.6 Å². The molecule has 1 saturated heterocycles. The summed E-state index contributed by atoms with van der Waals surface area (Å²) >= 11 is 0. The van der Waals surface area contributed by atoms with E-state index in [0.717, 1.165) is 35.8 Å². The summed E-state index contributed by atoms with van der Waals surface area (Å²) in [4.78, 5) is 19.5. The monoisotopic (exact) mass is 388 g/mol. The van der Waals surface area contributed by atoms with Gasteiger partial charge in [0.15, 0.2) is 5.65 Å². The van der Waals surface area contributed by atoms with Gasteiger partial charge in [0.1, 0.15) is 17.2 Å². The minimum absolute atomic E-state index is 0.187. The van der Waals surface area contributed by atoms with Crippen LogP contribution in [0.2, 0.25) is 0 Å². The summed E-state index contributed by atoms with van der Waals surface area (Å²) in [6.07, 6.45) is 4.09. The van der Waals surface area contributed by atoms with Gasteiger partial charge < -0.3 is 19.9 Å². The molecule has 4 aromatic rings. The van der Waals surface area contributed by atoms with E-state index in [1.54, 1.807) is 6.20 Å². The van der Waals surface area contributed by atoms with Gasteiger partial charge >= 0.3 is 0 Å². The topological polar surface area (TPSA) is 79.0 Å². The van der Waals surface area contributed by atoms with Gasteiger partial charge in [-0.1, -0.05) is 12.1 Å². The van der Waals surface area contributed by atoms with Crippen molar-refractivity contribution in [2.24, 2.45) is 0 Å². The number of hydrogen-bond acceptors (Lipinski definition) is 6. The van der Waals surface area contributed by atoms with Gasteiger partial charge in [-0.3, -0.25) is 0 Å². The Kier molecular flexibility index (Phi) is 4.52. The summed E-state index contributed by atoms with van der Waals surface area (Å²) in [5.74, 6) is 1.64. The number of nitrogens with zero attached hydrogens (tertiary/aromatic N) is 4. The van der Waals surface area contributed by atoms with Crippen molar-refractivity contribution in [3.05, 3.63) is 54.4 Å². The molecule has 0 saturated carbocycles. The van der Waals surface area contributed by atoms with Crippen LogP contribution in [0.3, 0.4) is 0 Å². The third-order valence-electron chi connectivity index (χ3n) is 5.23. The fraction of sp³-hybridized carbons (Fsp3) is 0.318. The van der Waals surface area contributed by atoms with Crippen molar-refractivity contribution < 1.29 is 4.74 Å². The number of fused-ring (bicyclic) bond motifs is 2. The first kappa shape index (κ1) is 17.9. The lowest BCUT2D eigenvalue weighted by atomic mass is 10.1. The van der Waals surface area contributed by atoms with Crippen molar-refractivity contribution in [1.82, 2.24) is 19.9 Å². The zero-order valence-electron chi connectivity index (χ0n) is 16.6. The Hall–Kier alpha value is -3.19. The van der Waals surface area contributed by atoms with Crippen LogP contribution in [-0.2, 0) is 11.3 Å². The lowest BCUT2D eigenvalue weighted by Crippen LogP contribution is -2.45.